The molecule has 0 spiro atoms. The standard InChI is InChI=1S/C17H25N3O3S.ClH/c1-3-9-19-24(22,23)16-7-5-6-14(12-16)17(21)20(11-4-2)15-8-10-18-13-15;/h3,5-7,12,15,18-19H,1,4,8-11,13H2,2H3;1H. The van der Waals surface area contributed by atoms with Gasteiger partial charge in [-0.3, -0.25) is 4.79 Å². The molecule has 1 aliphatic rings. The van der Waals surface area contributed by atoms with E-state index < -0.39 is 10.0 Å². The lowest BCUT2D eigenvalue weighted by molar-refractivity contribution is 0.0692. The zero-order valence-electron chi connectivity index (χ0n) is 14.4. The molecule has 6 nitrogen and oxygen atoms in total. The summed E-state index contributed by atoms with van der Waals surface area (Å²) in [7, 11) is -3.64. The molecule has 1 fully saturated rings. The molecular formula is C17H26ClN3O3S. The molecule has 2 N–H and O–H groups in total. The van der Waals surface area contributed by atoms with Crippen LogP contribution in [0.5, 0.6) is 0 Å². The predicted octanol–water partition coefficient (Wildman–Crippen LogP) is 1.79. The SMILES string of the molecule is C=CCNS(=O)(=O)c1cccc(C(=O)N(CCC)C2CCNC2)c1.Cl. The third-order valence-electron chi connectivity index (χ3n) is 4.01. The Kier molecular flexibility index (Phi) is 8.58. The van der Waals surface area contributed by atoms with Crippen LogP contribution in [0.2, 0.25) is 0 Å². The fourth-order valence-corrected chi connectivity index (χ4v) is 3.85. The van der Waals surface area contributed by atoms with Gasteiger partial charge in [-0.05, 0) is 37.6 Å². The Morgan fingerprint density at radius 1 is 1.48 bits per heavy atom. The van der Waals surface area contributed by atoms with Crippen LogP contribution in [0.3, 0.4) is 0 Å². The van der Waals surface area contributed by atoms with Crippen LogP contribution in [-0.4, -0.2) is 51.4 Å². The molecule has 0 radical (unpaired) electrons. The number of nitrogens with one attached hydrogen (secondary N) is 2. The number of carbonyl (C=O) groups is 1. The van der Waals surface area contributed by atoms with Gasteiger partial charge in [0.2, 0.25) is 10.0 Å². The summed E-state index contributed by atoms with van der Waals surface area (Å²) in [6, 6.07) is 6.37. The van der Waals surface area contributed by atoms with Crippen molar-refractivity contribution in [2.45, 2.75) is 30.7 Å². The van der Waals surface area contributed by atoms with Gasteiger partial charge >= 0.3 is 0 Å². The summed E-state index contributed by atoms with van der Waals surface area (Å²) in [5, 5.41) is 3.27. The summed E-state index contributed by atoms with van der Waals surface area (Å²) in [6.45, 7) is 8.02. The van der Waals surface area contributed by atoms with E-state index in [9.17, 15) is 13.2 Å². The Morgan fingerprint density at radius 3 is 2.84 bits per heavy atom. The summed E-state index contributed by atoms with van der Waals surface area (Å²) in [4.78, 5) is 14.8. The van der Waals surface area contributed by atoms with Crippen molar-refractivity contribution in [1.82, 2.24) is 14.9 Å². The smallest absolute Gasteiger partial charge is 0.254 e. The molecule has 0 saturated carbocycles. The molecular weight excluding hydrogens is 362 g/mol. The van der Waals surface area contributed by atoms with E-state index in [0.29, 0.717) is 12.1 Å². The van der Waals surface area contributed by atoms with Crippen molar-refractivity contribution in [2.75, 3.05) is 26.2 Å². The topological polar surface area (TPSA) is 78.5 Å². The first-order valence-electron chi connectivity index (χ1n) is 8.22. The van der Waals surface area contributed by atoms with Gasteiger partial charge in [0.05, 0.1) is 4.90 Å². The van der Waals surface area contributed by atoms with Gasteiger partial charge in [0.1, 0.15) is 0 Å². The van der Waals surface area contributed by atoms with E-state index in [0.717, 1.165) is 25.9 Å². The zero-order chi connectivity index (χ0) is 17.6. The maximum atomic E-state index is 12.9. The first kappa shape index (κ1) is 21.6. The first-order valence-corrected chi connectivity index (χ1v) is 9.70. The Hall–Kier alpha value is -1.41. The van der Waals surface area contributed by atoms with Crippen molar-refractivity contribution in [1.29, 1.82) is 0 Å². The number of halogens is 1. The first-order chi connectivity index (χ1) is 11.5. The highest BCUT2D eigenvalue weighted by atomic mass is 35.5. The fourth-order valence-electron chi connectivity index (χ4n) is 2.81. The molecule has 0 bridgehead atoms. The molecule has 1 saturated heterocycles. The van der Waals surface area contributed by atoms with Gasteiger partial charge < -0.3 is 10.2 Å². The summed E-state index contributed by atoms with van der Waals surface area (Å²) < 4.78 is 26.9. The van der Waals surface area contributed by atoms with Gasteiger partial charge in [0, 0.05) is 31.2 Å². The van der Waals surface area contributed by atoms with Crippen LogP contribution in [0.4, 0.5) is 0 Å². The molecule has 1 atom stereocenters. The molecule has 2 rings (SSSR count). The summed E-state index contributed by atoms with van der Waals surface area (Å²) in [5.41, 5.74) is 0.400. The van der Waals surface area contributed by atoms with Crippen LogP contribution >= 0.6 is 12.4 Å². The summed E-state index contributed by atoms with van der Waals surface area (Å²) >= 11 is 0. The van der Waals surface area contributed by atoms with Crippen LogP contribution in [0.15, 0.2) is 41.8 Å². The molecule has 1 aliphatic heterocycles. The Balaban J connectivity index is 0.00000312. The van der Waals surface area contributed by atoms with Gasteiger partial charge in [-0.2, -0.15) is 0 Å². The van der Waals surface area contributed by atoms with Gasteiger partial charge in [-0.15, -0.1) is 19.0 Å². The fraction of sp³-hybridized carbons (Fsp3) is 0.471. The number of hydrogen-bond acceptors (Lipinski definition) is 4. The molecule has 1 aromatic rings. The minimum atomic E-state index is -3.64. The van der Waals surface area contributed by atoms with E-state index in [1.54, 1.807) is 12.1 Å². The normalized spacial score (nSPS) is 16.9. The van der Waals surface area contributed by atoms with E-state index in [1.165, 1.54) is 18.2 Å². The lowest BCUT2D eigenvalue weighted by Gasteiger charge is -2.28. The van der Waals surface area contributed by atoms with E-state index in [1.807, 2.05) is 11.8 Å². The second-order valence-corrected chi connectivity index (χ2v) is 7.58. The molecule has 0 aliphatic carbocycles. The highest BCUT2D eigenvalue weighted by Crippen LogP contribution is 2.17. The second-order valence-electron chi connectivity index (χ2n) is 5.81. The minimum absolute atomic E-state index is 0. The van der Waals surface area contributed by atoms with Gasteiger partial charge in [0.25, 0.3) is 5.91 Å². The van der Waals surface area contributed by atoms with Crippen molar-refractivity contribution in [2.24, 2.45) is 0 Å². The van der Waals surface area contributed by atoms with Crippen molar-refractivity contribution in [3.63, 3.8) is 0 Å². The quantitative estimate of drug-likeness (QED) is 0.666. The highest BCUT2D eigenvalue weighted by Gasteiger charge is 2.27. The summed E-state index contributed by atoms with van der Waals surface area (Å²) in [5.74, 6) is -0.119. The number of sulfonamides is 1. The lowest BCUT2D eigenvalue weighted by Crippen LogP contribution is -2.42. The Morgan fingerprint density at radius 2 is 2.24 bits per heavy atom. The minimum Gasteiger partial charge on any atom is -0.334 e. The van der Waals surface area contributed by atoms with E-state index in [4.69, 9.17) is 0 Å². The number of hydrogen-bond donors (Lipinski definition) is 2. The number of carbonyl (C=O) groups excluding carboxylic acids is 1. The third kappa shape index (κ3) is 5.54. The predicted molar refractivity (Wildman–Crippen MR) is 102 cm³/mol. The number of rotatable bonds is 8. The largest absolute Gasteiger partial charge is 0.334 e. The zero-order valence-corrected chi connectivity index (χ0v) is 16.0. The molecule has 1 heterocycles. The molecule has 0 aromatic heterocycles. The maximum Gasteiger partial charge on any atom is 0.254 e. The second kappa shape index (κ2) is 9.91. The monoisotopic (exact) mass is 387 g/mol. The van der Waals surface area contributed by atoms with Crippen LogP contribution in [0.1, 0.15) is 30.1 Å². The Bertz CT molecular complexity index is 688. The van der Waals surface area contributed by atoms with E-state index in [2.05, 4.69) is 16.6 Å². The molecule has 1 aromatic carbocycles. The van der Waals surface area contributed by atoms with Crippen molar-refractivity contribution in [3.05, 3.63) is 42.5 Å². The third-order valence-corrected chi connectivity index (χ3v) is 5.43. The number of amides is 1. The van der Waals surface area contributed by atoms with E-state index in [-0.39, 0.29) is 35.8 Å². The number of benzene rings is 1. The van der Waals surface area contributed by atoms with Gasteiger partial charge in [0.15, 0.2) is 0 Å². The van der Waals surface area contributed by atoms with Crippen molar-refractivity contribution in [3.8, 4) is 0 Å². The average molecular weight is 388 g/mol. The molecule has 1 unspecified atom stereocenters. The van der Waals surface area contributed by atoms with Gasteiger partial charge in [-0.1, -0.05) is 19.1 Å². The molecule has 8 heteroatoms. The van der Waals surface area contributed by atoms with Gasteiger partial charge in [-0.25, -0.2) is 13.1 Å². The summed E-state index contributed by atoms with van der Waals surface area (Å²) in [6.07, 6.45) is 3.26. The van der Waals surface area contributed by atoms with E-state index >= 15 is 0 Å². The van der Waals surface area contributed by atoms with Crippen LogP contribution in [-0.2, 0) is 10.0 Å². The Labute approximate surface area is 156 Å². The average Bonchev–Trinajstić information content (AvgIpc) is 3.11. The highest BCUT2D eigenvalue weighted by molar-refractivity contribution is 7.89. The van der Waals surface area contributed by atoms with Crippen LogP contribution in [0, 0.1) is 0 Å². The van der Waals surface area contributed by atoms with Crippen LogP contribution in [0.25, 0.3) is 0 Å². The molecule has 1 amide bonds. The van der Waals surface area contributed by atoms with Crippen molar-refractivity contribution >= 4 is 28.3 Å². The lowest BCUT2D eigenvalue weighted by atomic mass is 10.1. The molecule has 140 valence electrons. The number of nitrogens with zero attached hydrogens (tertiary/aromatic N) is 1. The van der Waals surface area contributed by atoms with Crippen LogP contribution < -0.4 is 10.0 Å². The van der Waals surface area contributed by atoms with Crippen molar-refractivity contribution < 1.29 is 13.2 Å². The maximum absolute atomic E-state index is 12.9. The molecule has 25 heavy (non-hydrogen) atoms.